The fourth-order valence-electron chi connectivity index (χ4n) is 3.58. The molecule has 1 aliphatic rings. The Morgan fingerprint density at radius 2 is 2.33 bits per heavy atom. The summed E-state index contributed by atoms with van der Waals surface area (Å²) in [5.41, 5.74) is 0. The van der Waals surface area contributed by atoms with Crippen molar-refractivity contribution in [1.29, 1.82) is 0 Å². The molecular weight excluding hydrogens is 358 g/mol. The number of likely N-dealkylation sites (tertiary alicyclic amines) is 1. The molecule has 3 heterocycles. The lowest BCUT2D eigenvalue weighted by Crippen LogP contribution is -2.44. The average Bonchev–Trinajstić information content (AvgIpc) is 3.36. The van der Waals surface area contributed by atoms with Crippen molar-refractivity contribution < 1.29 is 0 Å². The van der Waals surface area contributed by atoms with Gasteiger partial charge in [0.25, 0.3) is 0 Å². The Hall–Kier alpha value is -1.93. The molecule has 1 unspecified atom stereocenters. The molecule has 0 amide bonds. The molecule has 1 atom stereocenters. The zero-order chi connectivity index (χ0) is 18.9. The first-order chi connectivity index (χ1) is 13.3. The highest BCUT2D eigenvalue weighted by molar-refractivity contribution is 7.09. The van der Waals surface area contributed by atoms with Crippen LogP contribution in [0.3, 0.4) is 0 Å². The number of rotatable bonds is 8. The number of nitrogens with zero attached hydrogens (tertiary/aromatic N) is 5. The van der Waals surface area contributed by atoms with Gasteiger partial charge in [0.2, 0.25) is 0 Å². The highest BCUT2D eigenvalue weighted by Crippen LogP contribution is 2.19. The van der Waals surface area contributed by atoms with Crippen molar-refractivity contribution >= 4 is 17.3 Å². The predicted molar refractivity (Wildman–Crippen MR) is 111 cm³/mol. The van der Waals surface area contributed by atoms with Crippen molar-refractivity contribution in [3.8, 4) is 0 Å². The lowest BCUT2D eigenvalue weighted by Gasteiger charge is -2.32. The molecule has 8 heteroatoms. The van der Waals surface area contributed by atoms with Crippen molar-refractivity contribution in [3.05, 3.63) is 34.5 Å². The van der Waals surface area contributed by atoms with E-state index >= 15 is 0 Å². The molecule has 1 fully saturated rings. The van der Waals surface area contributed by atoms with E-state index < -0.39 is 0 Å². The Balaban J connectivity index is 1.38. The molecule has 2 aromatic rings. The minimum atomic E-state index is 0.668. The van der Waals surface area contributed by atoms with Crippen LogP contribution in [0.1, 0.15) is 30.5 Å². The van der Waals surface area contributed by atoms with E-state index in [9.17, 15) is 0 Å². The minimum Gasteiger partial charge on any atom is -0.356 e. The zero-order valence-corrected chi connectivity index (χ0v) is 17.2. The van der Waals surface area contributed by atoms with E-state index in [-0.39, 0.29) is 0 Å². The third-order valence-electron chi connectivity index (χ3n) is 5.00. The van der Waals surface area contributed by atoms with E-state index in [4.69, 9.17) is 0 Å². The number of aromatic nitrogens is 3. The molecular formula is C19H31N7S. The first-order valence-electron chi connectivity index (χ1n) is 9.84. The van der Waals surface area contributed by atoms with Crippen molar-refractivity contribution in [3.63, 3.8) is 0 Å². The number of thiophene rings is 1. The Kier molecular flexibility index (Phi) is 7.65. The molecule has 0 radical (unpaired) electrons. The summed E-state index contributed by atoms with van der Waals surface area (Å²) in [6.07, 6.45) is 5.25. The van der Waals surface area contributed by atoms with E-state index in [2.05, 4.69) is 59.7 Å². The molecule has 0 spiro atoms. The summed E-state index contributed by atoms with van der Waals surface area (Å²) in [7, 11) is 1.83. The van der Waals surface area contributed by atoms with Crippen molar-refractivity contribution in [2.75, 3.05) is 33.2 Å². The van der Waals surface area contributed by atoms with Crippen molar-refractivity contribution in [2.45, 2.75) is 39.3 Å². The SMILES string of the molecule is CCc1nncn1CCNC(=NC)NCC1CCCN(Cc2cccs2)C1. The predicted octanol–water partition coefficient (Wildman–Crippen LogP) is 1.98. The van der Waals surface area contributed by atoms with Gasteiger partial charge in [-0.1, -0.05) is 13.0 Å². The molecule has 0 aliphatic carbocycles. The van der Waals surface area contributed by atoms with E-state index in [0.717, 1.165) is 50.9 Å². The number of piperidine rings is 1. The third kappa shape index (κ3) is 6.04. The lowest BCUT2D eigenvalue weighted by atomic mass is 9.98. The fourth-order valence-corrected chi connectivity index (χ4v) is 4.33. The fraction of sp³-hybridized carbons (Fsp3) is 0.632. The van der Waals surface area contributed by atoms with E-state index in [1.54, 1.807) is 6.33 Å². The molecule has 2 aromatic heterocycles. The molecule has 0 aromatic carbocycles. The highest BCUT2D eigenvalue weighted by atomic mass is 32.1. The topological polar surface area (TPSA) is 70.4 Å². The molecule has 1 saturated heterocycles. The summed E-state index contributed by atoms with van der Waals surface area (Å²) in [5, 5.41) is 17.2. The van der Waals surface area contributed by atoms with E-state index in [1.807, 2.05) is 18.4 Å². The van der Waals surface area contributed by atoms with Crippen LogP contribution in [0.15, 0.2) is 28.8 Å². The molecule has 3 rings (SSSR count). The number of aliphatic imine (C=N–C) groups is 1. The van der Waals surface area contributed by atoms with Crippen LogP contribution in [-0.2, 0) is 19.5 Å². The average molecular weight is 390 g/mol. The van der Waals surface area contributed by atoms with Gasteiger partial charge in [-0.2, -0.15) is 0 Å². The van der Waals surface area contributed by atoms with Crippen molar-refractivity contribution in [2.24, 2.45) is 10.9 Å². The first-order valence-corrected chi connectivity index (χ1v) is 10.7. The molecule has 148 valence electrons. The normalized spacial score (nSPS) is 18.6. The summed E-state index contributed by atoms with van der Waals surface area (Å²) in [4.78, 5) is 8.39. The van der Waals surface area contributed by atoms with Gasteiger partial charge in [-0.15, -0.1) is 21.5 Å². The van der Waals surface area contributed by atoms with Gasteiger partial charge in [0.1, 0.15) is 12.2 Å². The van der Waals surface area contributed by atoms with Crippen LogP contribution in [0.4, 0.5) is 0 Å². The van der Waals surface area contributed by atoms with Crippen LogP contribution in [0.25, 0.3) is 0 Å². The van der Waals surface area contributed by atoms with Crippen LogP contribution in [-0.4, -0.2) is 58.9 Å². The second-order valence-electron chi connectivity index (χ2n) is 7.00. The molecule has 1 aliphatic heterocycles. The molecule has 0 bridgehead atoms. The van der Waals surface area contributed by atoms with Gasteiger partial charge in [0.05, 0.1) is 0 Å². The Bertz CT molecular complexity index is 695. The van der Waals surface area contributed by atoms with Gasteiger partial charge < -0.3 is 15.2 Å². The van der Waals surface area contributed by atoms with Crippen molar-refractivity contribution in [1.82, 2.24) is 30.3 Å². The summed E-state index contributed by atoms with van der Waals surface area (Å²) in [5.74, 6) is 2.56. The molecule has 0 saturated carbocycles. The van der Waals surface area contributed by atoms with E-state index in [0.29, 0.717) is 5.92 Å². The second kappa shape index (κ2) is 10.4. The van der Waals surface area contributed by atoms with Gasteiger partial charge in [-0.05, 0) is 36.8 Å². The number of hydrogen-bond acceptors (Lipinski definition) is 5. The zero-order valence-electron chi connectivity index (χ0n) is 16.4. The van der Waals surface area contributed by atoms with Crippen LogP contribution >= 0.6 is 11.3 Å². The van der Waals surface area contributed by atoms with E-state index in [1.165, 1.54) is 24.3 Å². The van der Waals surface area contributed by atoms with Gasteiger partial charge in [0.15, 0.2) is 5.96 Å². The second-order valence-corrected chi connectivity index (χ2v) is 8.03. The van der Waals surface area contributed by atoms with Crippen LogP contribution in [0.5, 0.6) is 0 Å². The number of aryl methyl sites for hydroxylation is 1. The number of nitrogens with one attached hydrogen (secondary N) is 2. The Morgan fingerprint density at radius 3 is 3.11 bits per heavy atom. The molecule has 27 heavy (non-hydrogen) atoms. The smallest absolute Gasteiger partial charge is 0.191 e. The largest absolute Gasteiger partial charge is 0.356 e. The van der Waals surface area contributed by atoms with Crippen LogP contribution < -0.4 is 10.6 Å². The third-order valence-corrected chi connectivity index (χ3v) is 5.86. The van der Waals surface area contributed by atoms with Gasteiger partial charge in [-0.3, -0.25) is 9.89 Å². The summed E-state index contributed by atoms with van der Waals surface area (Å²) >= 11 is 1.85. The number of guanidine groups is 1. The maximum absolute atomic E-state index is 4.36. The summed E-state index contributed by atoms with van der Waals surface area (Å²) in [6.45, 7) is 8.16. The standard InChI is InChI=1S/C19H31N7S/c1-3-18-24-23-15-26(18)10-8-21-19(20-2)22-12-16-6-4-9-25(13-16)14-17-7-5-11-27-17/h5,7,11,15-16H,3-4,6,8-10,12-14H2,1-2H3,(H2,20,21,22). The monoisotopic (exact) mass is 389 g/mol. The van der Waals surface area contributed by atoms with Crippen LogP contribution in [0, 0.1) is 5.92 Å². The highest BCUT2D eigenvalue weighted by Gasteiger charge is 2.20. The van der Waals surface area contributed by atoms with Gasteiger partial charge in [0, 0.05) is 51.1 Å². The summed E-state index contributed by atoms with van der Waals surface area (Å²) < 4.78 is 2.09. The van der Waals surface area contributed by atoms with Gasteiger partial charge in [-0.25, -0.2) is 0 Å². The minimum absolute atomic E-state index is 0.668. The lowest BCUT2D eigenvalue weighted by molar-refractivity contribution is 0.169. The summed E-state index contributed by atoms with van der Waals surface area (Å²) in [6, 6.07) is 4.37. The molecule has 2 N–H and O–H groups in total. The maximum atomic E-state index is 4.36. The number of hydrogen-bond donors (Lipinski definition) is 2. The Morgan fingerprint density at radius 1 is 1.41 bits per heavy atom. The first kappa shape index (κ1) is 19.8. The Labute approximate surface area is 165 Å². The maximum Gasteiger partial charge on any atom is 0.191 e. The van der Waals surface area contributed by atoms with Crippen LogP contribution in [0.2, 0.25) is 0 Å². The quantitative estimate of drug-likeness (QED) is 0.534. The molecule has 7 nitrogen and oxygen atoms in total. The van der Waals surface area contributed by atoms with Gasteiger partial charge >= 0.3 is 0 Å².